The summed E-state index contributed by atoms with van der Waals surface area (Å²) >= 11 is 35.6. The van der Waals surface area contributed by atoms with Gasteiger partial charge in [-0.2, -0.15) is 0 Å². The third-order valence-electron chi connectivity index (χ3n) is 7.32. The number of fused-ring (bicyclic) bond motifs is 1. The van der Waals surface area contributed by atoms with Crippen LogP contribution in [0.5, 0.6) is 0 Å². The minimum atomic E-state index is -2.40. The summed E-state index contributed by atoms with van der Waals surface area (Å²) in [5.41, 5.74) is 2.94. The van der Waals surface area contributed by atoms with Gasteiger partial charge in [-0.3, -0.25) is 0 Å². The smallest absolute Gasteiger partial charge is 0.126 e. The van der Waals surface area contributed by atoms with Gasteiger partial charge in [0.25, 0.3) is 0 Å². The van der Waals surface area contributed by atoms with E-state index in [0.717, 1.165) is 24.9 Å². The monoisotopic (exact) mass is 672 g/mol. The van der Waals surface area contributed by atoms with Gasteiger partial charge in [-0.05, 0) is 59.7 Å². The van der Waals surface area contributed by atoms with E-state index in [9.17, 15) is 0 Å². The highest BCUT2D eigenvalue weighted by Gasteiger charge is 2.24. The normalized spacial score (nSPS) is 12.5. The molecule has 0 spiro atoms. The average Bonchev–Trinajstić information content (AvgIpc) is 2.85. The van der Waals surface area contributed by atoms with Crippen molar-refractivity contribution in [2.75, 3.05) is 0 Å². The predicted octanol–water partition coefficient (Wildman–Crippen LogP) is 13.5. The van der Waals surface area contributed by atoms with Crippen LogP contribution >= 0.6 is 66.5 Å². The van der Waals surface area contributed by atoms with Crippen molar-refractivity contribution >= 4 is 89.3 Å². The Morgan fingerprint density at radius 2 is 0.658 bits per heavy atom. The Balaban J connectivity index is 1.52. The Morgan fingerprint density at radius 1 is 0.368 bits per heavy atom. The molecule has 0 saturated heterocycles. The van der Waals surface area contributed by atoms with Crippen LogP contribution in [-0.4, -0.2) is 12.0 Å². The molecular weight excluding hydrogens is 629 g/mol. The molecule has 0 aliphatic heterocycles. The van der Waals surface area contributed by atoms with Crippen molar-refractivity contribution in [3.8, 4) is 0 Å². The van der Waals surface area contributed by atoms with Gasteiger partial charge in [0.2, 0.25) is 0 Å². The lowest BCUT2D eigenvalue weighted by Gasteiger charge is -2.08. The molecule has 216 valence electrons. The summed E-state index contributed by atoms with van der Waals surface area (Å²) in [5, 5.41) is 2.75. The van der Waals surface area contributed by atoms with Gasteiger partial charge in [-0.1, -0.05) is 126 Å². The van der Waals surface area contributed by atoms with E-state index in [-0.39, 0.29) is 0 Å². The molecule has 0 bridgehead atoms. The van der Waals surface area contributed by atoms with E-state index in [1.165, 1.54) is 125 Å². The van der Waals surface area contributed by atoms with E-state index < -0.39 is 12.0 Å². The maximum atomic E-state index is 5.94. The molecular formula is C30H46Cl6Si2. The quantitative estimate of drug-likeness (QED) is 0.0662. The molecule has 0 aromatic heterocycles. The summed E-state index contributed by atoms with van der Waals surface area (Å²) < 4.78 is 0. The van der Waals surface area contributed by atoms with Gasteiger partial charge in [0.15, 0.2) is 0 Å². The molecule has 2 aromatic carbocycles. The fraction of sp³-hybridized carbons (Fsp3) is 0.667. The van der Waals surface area contributed by atoms with Crippen molar-refractivity contribution in [3.05, 3.63) is 47.5 Å². The SMILES string of the molecule is Cl[Si](Cl)(Cl)CCCCCCCCCCc1ccc2cc(CCCCCCCCCC[Si](Cl)(Cl)Cl)ccc2c1. The standard InChI is InChI=1S/C30H46Cl6Si2/c31-37(32,33)23-15-11-7-3-1-5-9-13-17-27-19-21-30-26-28(20-22-29(30)25-27)18-14-10-6-2-4-8-12-16-24-38(34,35)36/h19-22,25-26H,1-18,23-24H2. The molecule has 0 heterocycles. The van der Waals surface area contributed by atoms with Gasteiger partial charge in [-0.25, -0.2) is 0 Å². The van der Waals surface area contributed by atoms with Crippen LogP contribution in [0.3, 0.4) is 0 Å². The number of unbranched alkanes of at least 4 members (excludes halogenated alkanes) is 14. The highest BCUT2D eigenvalue weighted by molar-refractivity contribution is 7.65. The van der Waals surface area contributed by atoms with Gasteiger partial charge >= 0.3 is 12.0 Å². The number of benzene rings is 2. The first-order valence-corrected chi connectivity index (χ1v) is 25.3. The minimum Gasteiger partial charge on any atom is -0.126 e. The topological polar surface area (TPSA) is 0 Å². The Hall–Kier alpha value is 0.874. The van der Waals surface area contributed by atoms with Gasteiger partial charge < -0.3 is 0 Å². The van der Waals surface area contributed by atoms with E-state index in [2.05, 4.69) is 36.4 Å². The molecule has 2 rings (SSSR count). The molecule has 0 aliphatic carbocycles. The third-order valence-corrected chi connectivity index (χ3v) is 12.6. The molecule has 8 heteroatoms. The van der Waals surface area contributed by atoms with Crippen molar-refractivity contribution in [1.82, 2.24) is 0 Å². The number of aryl methyl sites for hydroxylation is 2. The number of rotatable bonds is 22. The molecule has 2 aromatic rings. The van der Waals surface area contributed by atoms with E-state index >= 15 is 0 Å². The molecule has 0 radical (unpaired) electrons. The molecule has 0 nitrogen and oxygen atoms in total. The van der Waals surface area contributed by atoms with E-state index in [1.807, 2.05) is 0 Å². The summed E-state index contributed by atoms with van der Waals surface area (Å²) in [6.45, 7) is 0. The van der Waals surface area contributed by atoms with Gasteiger partial charge in [-0.15, -0.1) is 66.5 Å². The highest BCUT2D eigenvalue weighted by Crippen LogP contribution is 2.29. The summed E-state index contributed by atoms with van der Waals surface area (Å²) in [6, 6.07) is 10.9. The van der Waals surface area contributed by atoms with Crippen LogP contribution in [0.2, 0.25) is 12.1 Å². The van der Waals surface area contributed by atoms with Crippen LogP contribution in [0, 0.1) is 0 Å². The third kappa shape index (κ3) is 18.3. The molecule has 0 unspecified atom stereocenters. The zero-order chi connectivity index (χ0) is 27.7. The molecule has 0 saturated carbocycles. The fourth-order valence-electron chi connectivity index (χ4n) is 5.09. The molecule has 0 fully saturated rings. The predicted molar refractivity (Wildman–Crippen MR) is 181 cm³/mol. The van der Waals surface area contributed by atoms with Crippen molar-refractivity contribution < 1.29 is 0 Å². The van der Waals surface area contributed by atoms with Crippen LogP contribution < -0.4 is 0 Å². The fourth-order valence-corrected chi connectivity index (χ4v) is 8.79. The molecule has 0 atom stereocenters. The Morgan fingerprint density at radius 3 is 0.974 bits per heavy atom. The van der Waals surface area contributed by atoms with Gasteiger partial charge in [0.05, 0.1) is 0 Å². The first-order chi connectivity index (χ1) is 18.1. The molecule has 0 N–H and O–H groups in total. The Kier molecular flexibility index (Phi) is 18.4. The summed E-state index contributed by atoms with van der Waals surface area (Å²) in [4.78, 5) is 0. The van der Waals surface area contributed by atoms with E-state index in [1.54, 1.807) is 0 Å². The lowest BCUT2D eigenvalue weighted by Crippen LogP contribution is -2.07. The van der Waals surface area contributed by atoms with Crippen LogP contribution in [0.4, 0.5) is 0 Å². The second-order valence-electron chi connectivity index (χ2n) is 10.9. The van der Waals surface area contributed by atoms with Crippen molar-refractivity contribution in [3.63, 3.8) is 0 Å². The average molecular weight is 676 g/mol. The minimum absolute atomic E-state index is 0.801. The zero-order valence-electron chi connectivity index (χ0n) is 22.9. The van der Waals surface area contributed by atoms with Crippen molar-refractivity contribution in [2.45, 2.75) is 128 Å². The first-order valence-electron chi connectivity index (χ1n) is 14.8. The zero-order valence-corrected chi connectivity index (χ0v) is 29.4. The van der Waals surface area contributed by atoms with Crippen LogP contribution in [0.25, 0.3) is 10.8 Å². The van der Waals surface area contributed by atoms with Gasteiger partial charge in [0.1, 0.15) is 0 Å². The summed E-state index contributed by atoms with van der Waals surface area (Å²) in [5.74, 6) is 0. The maximum Gasteiger partial charge on any atom is 0.341 e. The molecule has 38 heavy (non-hydrogen) atoms. The van der Waals surface area contributed by atoms with Crippen LogP contribution in [0.15, 0.2) is 36.4 Å². The highest BCUT2D eigenvalue weighted by atomic mass is 35.8. The number of hydrogen-bond acceptors (Lipinski definition) is 0. The summed E-state index contributed by atoms with van der Waals surface area (Å²) in [6.07, 6.45) is 22.5. The summed E-state index contributed by atoms with van der Waals surface area (Å²) in [7, 11) is 0. The largest absolute Gasteiger partial charge is 0.341 e. The first kappa shape index (κ1) is 35.1. The number of halogens is 6. The van der Waals surface area contributed by atoms with E-state index in [4.69, 9.17) is 66.5 Å². The van der Waals surface area contributed by atoms with Crippen molar-refractivity contribution in [2.24, 2.45) is 0 Å². The maximum absolute atomic E-state index is 5.94. The lowest BCUT2D eigenvalue weighted by molar-refractivity contribution is 0.575. The number of hydrogen-bond donors (Lipinski definition) is 0. The lowest BCUT2D eigenvalue weighted by atomic mass is 9.98. The van der Waals surface area contributed by atoms with E-state index in [0.29, 0.717) is 0 Å². The Bertz CT molecular complexity index is 821. The van der Waals surface area contributed by atoms with Gasteiger partial charge in [0, 0.05) is 0 Å². The van der Waals surface area contributed by atoms with Crippen LogP contribution in [0.1, 0.15) is 114 Å². The molecule has 0 aliphatic rings. The second-order valence-corrected chi connectivity index (χ2v) is 29.5. The van der Waals surface area contributed by atoms with Crippen LogP contribution in [-0.2, 0) is 12.8 Å². The molecule has 0 amide bonds. The van der Waals surface area contributed by atoms with Crippen molar-refractivity contribution in [1.29, 1.82) is 0 Å². The Labute approximate surface area is 262 Å². The second kappa shape index (κ2) is 19.9.